The van der Waals surface area contributed by atoms with E-state index in [-0.39, 0.29) is 31.3 Å². The molecule has 0 saturated carbocycles. The minimum Gasteiger partial charge on any atom is -0.481 e. The van der Waals surface area contributed by atoms with Crippen molar-refractivity contribution in [2.75, 3.05) is 29.9 Å². The number of hydrogen-bond acceptors (Lipinski definition) is 6. The molecule has 216 valence electrons. The number of pyridine rings is 1. The van der Waals surface area contributed by atoms with Gasteiger partial charge in [-0.1, -0.05) is 43.2 Å². The summed E-state index contributed by atoms with van der Waals surface area (Å²) in [5.74, 6) is -1.36. The minimum absolute atomic E-state index is 0.0801. The van der Waals surface area contributed by atoms with Gasteiger partial charge in [0.25, 0.3) is 11.8 Å². The highest BCUT2D eigenvalue weighted by atomic mass is 32.1. The molecule has 1 saturated heterocycles. The third-order valence-corrected chi connectivity index (χ3v) is 8.23. The van der Waals surface area contributed by atoms with Gasteiger partial charge >= 0.3 is 5.97 Å². The average Bonchev–Trinajstić information content (AvgIpc) is 3.43. The zero-order valence-corrected chi connectivity index (χ0v) is 24.2. The Kier molecular flexibility index (Phi) is 9.61. The topological polar surface area (TPSA) is 103 Å². The Morgan fingerprint density at radius 3 is 2.45 bits per heavy atom. The molecule has 0 radical (unpaired) electrons. The Morgan fingerprint density at radius 1 is 0.929 bits per heavy atom. The summed E-state index contributed by atoms with van der Waals surface area (Å²) >= 11 is 1.41. The standard InChI is InChI=1S/C33H34N4O4S/c38-31(39)14-18-37(33(41)27-10-6-15-34-22-27)23-24-8-5-9-25(20-24)26-12-13-29(36-16-3-1-2-4-17-36)28(21-26)35-32(40)30-11-7-19-42-30/h5-13,15,19-22H,1-4,14,16-18,23H2,(H,35,40)(H,38,39). The first-order valence-electron chi connectivity index (χ1n) is 14.2. The van der Waals surface area contributed by atoms with Gasteiger partial charge in [-0.25, -0.2) is 0 Å². The van der Waals surface area contributed by atoms with Gasteiger partial charge in [0.1, 0.15) is 0 Å². The van der Waals surface area contributed by atoms with Crippen molar-refractivity contribution in [1.29, 1.82) is 0 Å². The van der Waals surface area contributed by atoms with Crippen LogP contribution in [0.3, 0.4) is 0 Å². The number of carboxylic acids is 1. The lowest BCUT2D eigenvalue weighted by molar-refractivity contribution is -0.137. The number of aliphatic carboxylic acids is 1. The molecule has 1 aliphatic heterocycles. The second-order valence-electron chi connectivity index (χ2n) is 10.4. The van der Waals surface area contributed by atoms with Crippen molar-refractivity contribution in [3.8, 4) is 11.1 Å². The molecule has 42 heavy (non-hydrogen) atoms. The molecule has 8 nitrogen and oxygen atoms in total. The zero-order valence-electron chi connectivity index (χ0n) is 23.4. The second-order valence-corrected chi connectivity index (χ2v) is 11.3. The van der Waals surface area contributed by atoms with Crippen LogP contribution in [0.2, 0.25) is 0 Å². The number of nitrogens with one attached hydrogen (secondary N) is 1. The van der Waals surface area contributed by atoms with Crippen molar-refractivity contribution in [2.24, 2.45) is 0 Å². The van der Waals surface area contributed by atoms with Crippen LogP contribution < -0.4 is 10.2 Å². The first kappa shape index (κ1) is 29.0. The number of aromatic nitrogens is 1. The lowest BCUT2D eigenvalue weighted by atomic mass is 10.0. The molecule has 2 aromatic carbocycles. The van der Waals surface area contributed by atoms with Gasteiger partial charge in [-0.15, -0.1) is 11.3 Å². The van der Waals surface area contributed by atoms with Crippen LogP contribution in [-0.4, -0.2) is 52.4 Å². The van der Waals surface area contributed by atoms with E-state index < -0.39 is 5.97 Å². The Labute approximate surface area is 249 Å². The molecule has 3 heterocycles. The predicted octanol–water partition coefficient (Wildman–Crippen LogP) is 6.56. The number of carboxylic acid groups (broad SMARTS) is 1. The van der Waals surface area contributed by atoms with E-state index in [2.05, 4.69) is 27.3 Å². The molecular formula is C33H34N4O4S. The fourth-order valence-electron chi connectivity index (χ4n) is 5.22. The summed E-state index contributed by atoms with van der Waals surface area (Å²) in [7, 11) is 0. The number of carbonyl (C=O) groups excluding carboxylic acids is 2. The van der Waals surface area contributed by atoms with E-state index in [0.717, 1.165) is 54.0 Å². The highest BCUT2D eigenvalue weighted by Gasteiger charge is 2.20. The molecule has 0 bridgehead atoms. The maximum absolute atomic E-state index is 13.2. The van der Waals surface area contributed by atoms with Crippen LogP contribution >= 0.6 is 11.3 Å². The van der Waals surface area contributed by atoms with Gasteiger partial charge in [0.05, 0.1) is 28.2 Å². The van der Waals surface area contributed by atoms with Crippen LogP contribution in [0.1, 0.15) is 57.7 Å². The molecule has 0 unspecified atom stereocenters. The third-order valence-electron chi connectivity index (χ3n) is 7.36. The van der Waals surface area contributed by atoms with Gasteiger partial charge in [-0.2, -0.15) is 0 Å². The molecular weight excluding hydrogens is 548 g/mol. The van der Waals surface area contributed by atoms with Gasteiger partial charge < -0.3 is 20.2 Å². The van der Waals surface area contributed by atoms with Crippen molar-refractivity contribution in [1.82, 2.24) is 9.88 Å². The summed E-state index contributed by atoms with van der Waals surface area (Å²) in [6.45, 7) is 2.24. The van der Waals surface area contributed by atoms with E-state index in [4.69, 9.17) is 0 Å². The zero-order chi connectivity index (χ0) is 29.3. The summed E-state index contributed by atoms with van der Waals surface area (Å²) in [6, 6.07) is 21.1. The molecule has 1 fully saturated rings. The number of carbonyl (C=O) groups is 3. The molecule has 2 amide bonds. The SMILES string of the molecule is O=C(O)CCN(Cc1cccc(-c2ccc(N3CCCCCC3)c(NC(=O)c3cccs3)c2)c1)C(=O)c1cccnc1. The predicted molar refractivity (Wildman–Crippen MR) is 166 cm³/mol. The largest absolute Gasteiger partial charge is 0.481 e. The Bertz CT molecular complexity index is 1520. The van der Waals surface area contributed by atoms with Gasteiger partial charge in [-0.05, 0) is 71.3 Å². The van der Waals surface area contributed by atoms with Crippen molar-refractivity contribution >= 4 is 40.5 Å². The van der Waals surface area contributed by atoms with Crippen molar-refractivity contribution in [3.63, 3.8) is 0 Å². The lowest BCUT2D eigenvalue weighted by Crippen LogP contribution is -2.32. The molecule has 0 atom stereocenters. The number of nitrogens with zero attached hydrogens (tertiary/aromatic N) is 3. The maximum atomic E-state index is 13.2. The van der Waals surface area contributed by atoms with E-state index in [9.17, 15) is 19.5 Å². The molecule has 5 rings (SSSR count). The Morgan fingerprint density at radius 2 is 1.74 bits per heavy atom. The van der Waals surface area contributed by atoms with Crippen molar-refractivity contribution in [3.05, 3.63) is 101 Å². The number of amides is 2. The van der Waals surface area contributed by atoms with E-state index >= 15 is 0 Å². The fourth-order valence-corrected chi connectivity index (χ4v) is 5.84. The van der Waals surface area contributed by atoms with Crippen LogP contribution in [0.15, 0.2) is 84.5 Å². The summed E-state index contributed by atoms with van der Waals surface area (Å²) in [4.78, 5) is 46.2. The van der Waals surface area contributed by atoms with Crippen LogP contribution in [0, 0.1) is 0 Å². The molecule has 1 aliphatic rings. The monoisotopic (exact) mass is 582 g/mol. The van der Waals surface area contributed by atoms with E-state index in [0.29, 0.717) is 10.4 Å². The Hall–Kier alpha value is -4.50. The van der Waals surface area contributed by atoms with Gasteiger partial charge in [0.15, 0.2) is 0 Å². The van der Waals surface area contributed by atoms with Crippen molar-refractivity contribution < 1.29 is 19.5 Å². The molecule has 9 heteroatoms. The van der Waals surface area contributed by atoms with E-state index in [1.165, 1.54) is 30.4 Å². The lowest BCUT2D eigenvalue weighted by Gasteiger charge is -2.26. The summed E-state index contributed by atoms with van der Waals surface area (Å²) in [5, 5.41) is 14.3. The first-order valence-corrected chi connectivity index (χ1v) is 15.1. The number of hydrogen-bond donors (Lipinski definition) is 2. The second kappa shape index (κ2) is 13.9. The average molecular weight is 583 g/mol. The Balaban J connectivity index is 1.43. The van der Waals surface area contributed by atoms with Gasteiger partial charge in [0, 0.05) is 38.6 Å². The third kappa shape index (κ3) is 7.41. The van der Waals surface area contributed by atoms with Gasteiger partial charge in [-0.3, -0.25) is 19.4 Å². The van der Waals surface area contributed by atoms with Crippen LogP contribution in [0.4, 0.5) is 11.4 Å². The highest BCUT2D eigenvalue weighted by Crippen LogP contribution is 2.34. The van der Waals surface area contributed by atoms with Gasteiger partial charge in [0.2, 0.25) is 0 Å². The molecule has 0 aliphatic carbocycles. The maximum Gasteiger partial charge on any atom is 0.305 e. The minimum atomic E-state index is -0.964. The molecule has 0 spiro atoms. The van der Waals surface area contributed by atoms with Crippen LogP contribution in [0.5, 0.6) is 0 Å². The highest BCUT2D eigenvalue weighted by molar-refractivity contribution is 7.12. The number of thiophene rings is 1. The smallest absolute Gasteiger partial charge is 0.305 e. The number of benzene rings is 2. The summed E-state index contributed by atoms with van der Waals surface area (Å²) in [5.41, 5.74) is 4.95. The quantitative estimate of drug-likeness (QED) is 0.220. The van der Waals surface area contributed by atoms with Crippen LogP contribution in [-0.2, 0) is 11.3 Å². The molecule has 2 N–H and O–H groups in total. The molecule has 2 aromatic heterocycles. The molecule has 4 aromatic rings. The normalized spacial score (nSPS) is 13.3. The number of anilines is 2. The van der Waals surface area contributed by atoms with Crippen molar-refractivity contribution in [2.45, 2.75) is 38.6 Å². The number of rotatable bonds is 10. The fraction of sp³-hybridized carbons (Fsp3) is 0.273. The van der Waals surface area contributed by atoms with Crippen LogP contribution in [0.25, 0.3) is 11.1 Å². The van der Waals surface area contributed by atoms with E-state index in [1.54, 1.807) is 23.2 Å². The first-order chi connectivity index (χ1) is 20.5. The van der Waals surface area contributed by atoms with E-state index in [1.807, 2.05) is 47.8 Å². The summed E-state index contributed by atoms with van der Waals surface area (Å²) < 4.78 is 0. The summed E-state index contributed by atoms with van der Waals surface area (Å²) in [6.07, 6.45) is 7.60.